The lowest BCUT2D eigenvalue weighted by molar-refractivity contribution is -0.384. The van der Waals surface area contributed by atoms with Crippen LogP contribution in [0, 0.1) is 10.1 Å². The fraction of sp³-hybridized carbons (Fsp3) is 0.231. The molecule has 0 atom stereocenters. The molecule has 1 aromatic heterocycles. The van der Waals surface area contributed by atoms with E-state index in [1.54, 1.807) is 24.4 Å². The van der Waals surface area contributed by atoms with Gasteiger partial charge in [0, 0.05) is 25.0 Å². The first kappa shape index (κ1) is 13.7. The monoisotopic (exact) mass is 274 g/mol. The standard InChI is InChI=1S/C13H14N4O3/c1-2-14-11-5-4-10(8-12(11)17(19)20)9-16-7-3-6-15-13(16)18/h3-8,14H,2,9H2,1H3. The van der Waals surface area contributed by atoms with Gasteiger partial charge in [0.15, 0.2) is 0 Å². The molecule has 2 rings (SSSR count). The number of benzene rings is 1. The Morgan fingerprint density at radius 3 is 2.90 bits per heavy atom. The van der Waals surface area contributed by atoms with Crippen LogP contribution in [0.1, 0.15) is 12.5 Å². The molecule has 0 bridgehead atoms. The summed E-state index contributed by atoms with van der Waals surface area (Å²) in [6.07, 6.45) is 3.01. The molecule has 1 aromatic carbocycles. The molecule has 0 fully saturated rings. The first-order chi connectivity index (χ1) is 9.61. The smallest absolute Gasteiger partial charge is 0.347 e. The van der Waals surface area contributed by atoms with Gasteiger partial charge in [-0.15, -0.1) is 0 Å². The van der Waals surface area contributed by atoms with Crippen molar-refractivity contribution in [2.24, 2.45) is 0 Å². The minimum absolute atomic E-state index is 0.00119. The van der Waals surface area contributed by atoms with E-state index in [2.05, 4.69) is 10.3 Å². The zero-order valence-corrected chi connectivity index (χ0v) is 10.9. The van der Waals surface area contributed by atoms with E-state index in [-0.39, 0.29) is 17.9 Å². The number of anilines is 1. The second-order valence-electron chi connectivity index (χ2n) is 4.17. The highest BCUT2D eigenvalue weighted by molar-refractivity contribution is 5.62. The van der Waals surface area contributed by atoms with Crippen LogP contribution in [0.3, 0.4) is 0 Å². The van der Waals surface area contributed by atoms with Crippen LogP contribution in [-0.2, 0) is 6.54 Å². The van der Waals surface area contributed by atoms with Crippen molar-refractivity contribution in [3.8, 4) is 0 Å². The summed E-state index contributed by atoms with van der Waals surface area (Å²) in [4.78, 5) is 25.8. The Morgan fingerprint density at radius 1 is 1.45 bits per heavy atom. The molecule has 0 radical (unpaired) electrons. The van der Waals surface area contributed by atoms with Gasteiger partial charge in [0.25, 0.3) is 5.69 Å². The molecule has 0 aliphatic carbocycles. The van der Waals surface area contributed by atoms with Crippen molar-refractivity contribution in [3.63, 3.8) is 0 Å². The predicted molar refractivity (Wildman–Crippen MR) is 74.9 cm³/mol. The summed E-state index contributed by atoms with van der Waals surface area (Å²) in [6, 6.07) is 6.52. The van der Waals surface area contributed by atoms with Gasteiger partial charge in [0.1, 0.15) is 5.69 Å². The van der Waals surface area contributed by atoms with Crippen LogP contribution < -0.4 is 11.0 Å². The summed E-state index contributed by atoms with van der Waals surface area (Å²) in [7, 11) is 0. The van der Waals surface area contributed by atoms with Gasteiger partial charge in [0.05, 0.1) is 11.5 Å². The molecule has 0 saturated carbocycles. The molecule has 0 amide bonds. The van der Waals surface area contributed by atoms with Crippen LogP contribution in [-0.4, -0.2) is 21.0 Å². The largest absolute Gasteiger partial charge is 0.380 e. The zero-order chi connectivity index (χ0) is 14.5. The Hall–Kier alpha value is -2.70. The molecule has 0 spiro atoms. The van der Waals surface area contributed by atoms with Crippen molar-refractivity contribution < 1.29 is 4.92 Å². The molecule has 104 valence electrons. The van der Waals surface area contributed by atoms with Gasteiger partial charge >= 0.3 is 5.69 Å². The number of nitrogens with one attached hydrogen (secondary N) is 1. The summed E-state index contributed by atoms with van der Waals surface area (Å²) in [6.45, 7) is 2.72. The number of rotatable bonds is 5. The topological polar surface area (TPSA) is 90.1 Å². The van der Waals surface area contributed by atoms with E-state index in [9.17, 15) is 14.9 Å². The lowest BCUT2D eigenvalue weighted by atomic mass is 10.1. The molecule has 0 aliphatic heterocycles. The first-order valence-corrected chi connectivity index (χ1v) is 6.14. The van der Waals surface area contributed by atoms with Crippen LogP contribution in [0.25, 0.3) is 0 Å². The van der Waals surface area contributed by atoms with Gasteiger partial charge in [-0.25, -0.2) is 9.78 Å². The number of nitro benzene ring substituents is 1. The molecular formula is C13H14N4O3. The van der Waals surface area contributed by atoms with Gasteiger partial charge in [-0.3, -0.25) is 14.7 Å². The molecule has 2 aromatic rings. The highest BCUT2D eigenvalue weighted by atomic mass is 16.6. The molecule has 0 saturated heterocycles. The average Bonchev–Trinajstić information content (AvgIpc) is 2.43. The average molecular weight is 274 g/mol. The molecule has 1 N–H and O–H groups in total. The number of hydrogen-bond donors (Lipinski definition) is 1. The summed E-state index contributed by atoms with van der Waals surface area (Å²) in [5.41, 5.74) is 0.764. The van der Waals surface area contributed by atoms with Gasteiger partial charge < -0.3 is 5.32 Å². The quantitative estimate of drug-likeness (QED) is 0.661. The SMILES string of the molecule is CCNc1ccc(Cn2cccnc2=O)cc1[N+](=O)[O-]. The van der Waals surface area contributed by atoms with Crippen LogP contribution in [0.5, 0.6) is 0 Å². The van der Waals surface area contributed by atoms with E-state index in [1.807, 2.05) is 6.92 Å². The van der Waals surface area contributed by atoms with Crippen molar-refractivity contribution >= 4 is 11.4 Å². The van der Waals surface area contributed by atoms with E-state index in [1.165, 1.54) is 16.8 Å². The van der Waals surface area contributed by atoms with Crippen molar-refractivity contribution in [1.82, 2.24) is 9.55 Å². The Balaban J connectivity index is 2.34. The second-order valence-corrected chi connectivity index (χ2v) is 4.17. The maximum atomic E-state index is 11.5. The number of aromatic nitrogens is 2. The number of hydrogen-bond acceptors (Lipinski definition) is 5. The second kappa shape index (κ2) is 5.96. The fourth-order valence-electron chi connectivity index (χ4n) is 1.87. The number of nitro groups is 1. The van der Waals surface area contributed by atoms with E-state index < -0.39 is 4.92 Å². The summed E-state index contributed by atoms with van der Waals surface area (Å²) in [5, 5.41) is 14.0. The zero-order valence-electron chi connectivity index (χ0n) is 10.9. The van der Waals surface area contributed by atoms with Crippen molar-refractivity contribution in [2.75, 3.05) is 11.9 Å². The highest BCUT2D eigenvalue weighted by Gasteiger charge is 2.14. The Bertz CT molecular complexity index is 681. The van der Waals surface area contributed by atoms with Gasteiger partial charge in [-0.2, -0.15) is 0 Å². The predicted octanol–water partition coefficient (Wildman–Crippen LogP) is 1.63. The molecule has 7 nitrogen and oxygen atoms in total. The van der Waals surface area contributed by atoms with E-state index >= 15 is 0 Å². The van der Waals surface area contributed by atoms with Crippen LogP contribution in [0.15, 0.2) is 41.5 Å². The maximum absolute atomic E-state index is 11.5. The molecule has 0 aliphatic rings. The highest BCUT2D eigenvalue weighted by Crippen LogP contribution is 2.25. The van der Waals surface area contributed by atoms with Gasteiger partial charge in [0.2, 0.25) is 0 Å². The first-order valence-electron chi connectivity index (χ1n) is 6.14. The minimum Gasteiger partial charge on any atom is -0.380 e. The van der Waals surface area contributed by atoms with Gasteiger partial charge in [-0.05, 0) is 24.6 Å². The molecule has 20 heavy (non-hydrogen) atoms. The Kier molecular flexibility index (Phi) is 4.09. The molecule has 7 heteroatoms. The van der Waals surface area contributed by atoms with Crippen molar-refractivity contribution in [2.45, 2.75) is 13.5 Å². The minimum atomic E-state index is -0.437. The van der Waals surface area contributed by atoms with Crippen molar-refractivity contribution in [3.05, 3.63) is 62.8 Å². The van der Waals surface area contributed by atoms with Gasteiger partial charge in [-0.1, -0.05) is 6.07 Å². The fourth-order valence-corrected chi connectivity index (χ4v) is 1.87. The van der Waals surface area contributed by atoms with Crippen LogP contribution in [0.2, 0.25) is 0 Å². The third kappa shape index (κ3) is 3.00. The third-order valence-electron chi connectivity index (χ3n) is 2.76. The van der Waals surface area contributed by atoms with E-state index in [0.717, 1.165) is 0 Å². The number of nitrogens with zero attached hydrogens (tertiary/aromatic N) is 3. The Morgan fingerprint density at radius 2 is 2.25 bits per heavy atom. The van der Waals surface area contributed by atoms with Crippen LogP contribution in [0.4, 0.5) is 11.4 Å². The van der Waals surface area contributed by atoms with E-state index in [4.69, 9.17) is 0 Å². The molecule has 0 unspecified atom stereocenters. The maximum Gasteiger partial charge on any atom is 0.347 e. The van der Waals surface area contributed by atoms with Crippen molar-refractivity contribution in [1.29, 1.82) is 0 Å². The summed E-state index contributed by atoms with van der Waals surface area (Å²) >= 11 is 0. The lowest BCUT2D eigenvalue weighted by Gasteiger charge is -2.08. The summed E-state index contributed by atoms with van der Waals surface area (Å²) < 4.78 is 1.39. The van der Waals surface area contributed by atoms with Crippen LogP contribution >= 0.6 is 0 Å². The third-order valence-corrected chi connectivity index (χ3v) is 2.76. The summed E-state index contributed by atoms with van der Waals surface area (Å²) in [5.74, 6) is 0. The Labute approximate surface area is 115 Å². The normalized spacial score (nSPS) is 10.2. The van der Waals surface area contributed by atoms with E-state index in [0.29, 0.717) is 17.8 Å². The molecule has 1 heterocycles. The molecular weight excluding hydrogens is 260 g/mol. The lowest BCUT2D eigenvalue weighted by Crippen LogP contribution is -2.21.